The summed E-state index contributed by atoms with van der Waals surface area (Å²) in [5.74, 6) is 0. The minimum absolute atomic E-state index is 0.123. The molecule has 1 nitrogen and oxygen atoms in total. The third-order valence-corrected chi connectivity index (χ3v) is 3.37. The minimum Gasteiger partial charge on any atom is -0.282 e. The van der Waals surface area contributed by atoms with Gasteiger partial charge >= 0.3 is 0 Å². The molecule has 0 aromatic heterocycles. The van der Waals surface area contributed by atoms with Crippen LogP contribution in [0.1, 0.15) is 40.0 Å². The molecule has 3 heteroatoms. The van der Waals surface area contributed by atoms with E-state index in [1.807, 2.05) is 0 Å². The summed E-state index contributed by atoms with van der Waals surface area (Å²) in [4.78, 5) is 11.4. The van der Waals surface area contributed by atoms with Crippen molar-refractivity contribution in [2.45, 2.75) is 50.5 Å². The van der Waals surface area contributed by atoms with Crippen molar-refractivity contribution in [2.24, 2.45) is 0 Å². The lowest BCUT2D eigenvalue weighted by molar-refractivity contribution is -0.107. The summed E-state index contributed by atoms with van der Waals surface area (Å²) in [7, 11) is 0. The molecule has 0 aromatic carbocycles. The van der Waals surface area contributed by atoms with Gasteiger partial charge in [0, 0.05) is 5.25 Å². The van der Waals surface area contributed by atoms with Gasteiger partial charge in [-0.25, -0.2) is 0 Å². The molecule has 14 heavy (non-hydrogen) atoms. The van der Waals surface area contributed by atoms with Crippen molar-refractivity contribution >= 4 is 29.5 Å². The van der Waals surface area contributed by atoms with Gasteiger partial charge in [-0.3, -0.25) is 4.79 Å². The van der Waals surface area contributed by atoms with Gasteiger partial charge in [0.05, 0.1) is 0 Å². The molecular weight excluding hydrogens is 212 g/mol. The Morgan fingerprint density at radius 3 is 2.50 bits per heavy atom. The van der Waals surface area contributed by atoms with Crippen LogP contribution in [0.4, 0.5) is 0 Å². The van der Waals surface area contributed by atoms with Gasteiger partial charge in [0.25, 0.3) is 0 Å². The Morgan fingerprint density at radius 2 is 2.14 bits per heavy atom. The SMILES string of the molecule is C=C(C)C(=O)SC(CCC)CC(C)S. The summed E-state index contributed by atoms with van der Waals surface area (Å²) >= 11 is 5.78. The van der Waals surface area contributed by atoms with Gasteiger partial charge in [-0.05, 0) is 30.6 Å². The second-order valence-electron chi connectivity index (χ2n) is 3.68. The zero-order valence-electron chi connectivity index (χ0n) is 9.25. The molecule has 0 bridgehead atoms. The lowest BCUT2D eigenvalue weighted by Crippen LogP contribution is -2.11. The molecule has 0 N–H and O–H groups in total. The number of thiol groups is 1. The highest BCUT2D eigenvalue weighted by Crippen LogP contribution is 2.25. The zero-order valence-corrected chi connectivity index (χ0v) is 11.0. The molecule has 0 saturated carbocycles. The number of hydrogen-bond acceptors (Lipinski definition) is 3. The van der Waals surface area contributed by atoms with Crippen LogP contribution >= 0.6 is 24.4 Å². The van der Waals surface area contributed by atoms with Crippen molar-refractivity contribution in [1.29, 1.82) is 0 Å². The van der Waals surface area contributed by atoms with Crippen LogP contribution in [0.25, 0.3) is 0 Å². The Hall–Kier alpha value is 0.110. The van der Waals surface area contributed by atoms with Crippen molar-refractivity contribution in [1.82, 2.24) is 0 Å². The fraction of sp³-hybridized carbons (Fsp3) is 0.727. The quantitative estimate of drug-likeness (QED) is 0.555. The number of thioether (sulfide) groups is 1. The van der Waals surface area contributed by atoms with E-state index >= 15 is 0 Å². The fourth-order valence-electron chi connectivity index (χ4n) is 1.18. The van der Waals surface area contributed by atoms with E-state index in [4.69, 9.17) is 0 Å². The predicted octanol–water partition coefficient (Wildman–Crippen LogP) is 3.70. The molecule has 0 heterocycles. The molecule has 2 atom stereocenters. The molecule has 0 fully saturated rings. The van der Waals surface area contributed by atoms with Crippen LogP contribution < -0.4 is 0 Å². The molecule has 0 radical (unpaired) electrons. The average Bonchev–Trinajstić information content (AvgIpc) is 2.02. The van der Waals surface area contributed by atoms with E-state index < -0.39 is 0 Å². The molecule has 0 aliphatic rings. The van der Waals surface area contributed by atoms with E-state index in [0.29, 0.717) is 16.1 Å². The van der Waals surface area contributed by atoms with Crippen molar-refractivity contribution in [3.8, 4) is 0 Å². The fourth-order valence-corrected chi connectivity index (χ4v) is 2.82. The van der Waals surface area contributed by atoms with Gasteiger partial charge in [-0.2, -0.15) is 12.6 Å². The van der Waals surface area contributed by atoms with Gasteiger partial charge in [0.15, 0.2) is 0 Å². The Morgan fingerprint density at radius 1 is 1.57 bits per heavy atom. The Bertz CT molecular complexity index is 199. The smallest absolute Gasteiger partial charge is 0.214 e. The molecule has 0 rings (SSSR count). The average molecular weight is 232 g/mol. The number of carbonyl (C=O) groups excluding carboxylic acids is 1. The highest BCUT2D eigenvalue weighted by molar-refractivity contribution is 8.14. The Balaban J connectivity index is 4.08. The summed E-state index contributed by atoms with van der Waals surface area (Å²) in [5.41, 5.74) is 0.642. The molecule has 0 spiro atoms. The highest BCUT2D eigenvalue weighted by Gasteiger charge is 2.15. The maximum atomic E-state index is 11.4. The summed E-state index contributed by atoms with van der Waals surface area (Å²) in [6.07, 6.45) is 3.18. The second-order valence-corrected chi connectivity index (χ2v) is 5.84. The van der Waals surface area contributed by atoms with Crippen molar-refractivity contribution < 1.29 is 4.79 Å². The molecule has 0 aromatic rings. The first kappa shape index (κ1) is 14.1. The molecular formula is C11H20OS2. The molecule has 2 unspecified atom stereocenters. The minimum atomic E-state index is 0.123. The van der Waals surface area contributed by atoms with Crippen LogP contribution in [-0.4, -0.2) is 15.6 Å². The Kier molecular flexibility index (Phi) is 7.47. The summed E-state index contributed by atoms with van der Waals surface area (Å²) in [6.45, 7) is 9.63. The van der Waals surface area contributed by atoms with E-state index in [9.17, 15) is 4.79 Å². The van der Waals surface area contributed by atoms with E-state index in [1.165, 1.54) is 11.8 Å². The molecule has 0 aliphatic heterocycles. The zero-order chi connectivity index (χ0) is 11.1. The predicted molar refractivity (Wildman–Crippen MR) is 69.2 cm³/mol. The summed E-state index contributed by atoms with van der Waals surface area (Å²) in [6, 6.07) is 0. The molecule has 0 aliphatic carbocycles. The molecule has 0 saturated heterocycles. The second kappa shape index (κ2) is 7.41. The third-order valence-electron chi connectivity index (χ3n) is 1.84. The van der Waals surface area contributed by atoms with Crippen LogP contribution in [-0.2, 0) is 4.79 Å². The molecule has 0 amide bonds. The van der Waals surface area contributed by atoms with Crippen molar-refractivity contribution in [2.75, 3.05) is 0 Å². The number of rotatable bonds is 6. The largest absolute Gasteiger partial charge is 0.282 e. The molecule has 82 valence electrons. The van der Waals surface area contributed by atoms with Crippen LogP contribution in [0.15, 0.2) is 12.2 Å². The third kappa shape index (κ3) is 6.55. The van der Waals surface area contributed by atoms with E-state index in [2.05, 4.69) is 33.1 Å². The van der Waals surface area contributed by atoms with Gasteiger partial charge in [-0.15, -0.1) is 0 Å². The monoisotopic (exact) mass is 232 g/mol. The van der Waals surface area contributed by atoms with Crippen LogP contribution in [0.5, 0.6) is 0 Å². The van der Waals surface area contributed by atoms with Gasteiger partial charge in [0.1, 0.15) is 0 Å². The summed E-state index contributed by atoms with van der Waals surface area (Å²) in [5, 5.41) is 0.881. The van der Waals surface area contributed by atoms with Gasteiger partial charge in [0.2, 0.25) is 5.12 Å². The first-order chi connectivity index (χ1) is 6.47. The Labute approximate surface area is 97.1 Å². The lowest BCUT2D eigenvalue weighted by atomic mass is 10.1. The maximum absolute atomic E-state index is 11.4. The topological polar surface area (TPSA) is 17.1 Å². The van der Waals surface area contributed by atoms with Gasteiger partial charge in [-0.1, -0.05) is 38.6 Å². The van der Waals surface area contributed by atoms with Crippen LogP contribution in [0, 0.1) is 0 Å². The normalized spacial score (nSPS) is 14.9. The first-order valence-corrected chi connectivity index (χ1v) is 6.41. The number of carbonyl (C=O) groups is 1. The maximum Gasteiger partial charge on any atom is 0.214 e. The highest BCUT2D eigenvalue weighted by atomic mass is 32.2. The van der Waals surface area contributed by atoms with Crippen molar-refractivity contribution in [3.05, 3.63) is 12.2 Å². The standard InChI is InChI=1S/C11H20OS2/c1-5-6-10(7-9(4)13)14-11(12)8(2)3/h9-10,13H,2,5-7H2,1,3-4H3. The first-order valence-electron chi connectivity index (χ1n) is 5.01. The summed E-state index contributed by atoms with van der Waals surface area (Å²) < 4.78 is 0. The van der Waals surface area contributed by atoms with E-state index in [1.54, 1.807) is 6.92 Å². The van der Waals surface area contributed by atoms with Crippen LogP contribution in [0.3, 0.4) is 0 Å². The van der Waals surface area contributed by atoms with Crippen molar-refractivity contribution in [3.63, 3.8) is 0 Å². The lowest BCUT2D eigenvalue weighted by Gasteiger charge is -2.16. The number of hydrogen-bond donors (Lipinski definition) is 1. The van der Waals surface area contributed by atoms with Crippen LogP contribution in [0.2, 0.25) is 0 Å². The van der Waals surface area contributed by atoms with E-state index in [-0.39, 0.29) is 5.12 Å². The van der Waals surface area contributed by atoms with Gasteiger partial charge < -0.3 is 0 Å². The van der Waals surface area contributed by atoms with E-state index in [0.717, 1.165) is 19.3 Å².